The Balaban J connectivity index is 1.70. The van der Waals surface area contributed by atoms with Crippen molar-refractivity contribution in [1.82, 2.24) is 9.80 Å². The summed E-state index contributed by atoms with van der Waals surface area (Å²) in [6.45, 7) is 4.86. The van der Waals surface area contributed by atoms with Crippen LogP contribution < -0.4 is 9.46 Å². The lowest BCUT2D eigenvalue weighted by Crippen LogP contribution is -2.49. The summed E-state index contributed by atoms with van der Waals surface area (Å²) in [6.07, 6.45) is -0.441. The van der Waals surface area contributed by atoms with Crippen LogP contribution in [0.4, 0.5) is 5.69 Å². The zero-order valence-corrected chi connectivity index (χ0v) is 25.9. The van der Waals surface area contributed by atoms with Crippen molar-refractivity contribution in [3.05, 3.63) is 86.9 Å². The van der Waals surface area contributed by atoms with E-state index in [-0.39, 0.29) is 40.3 Å². The summed E-state index contributed by atoms with van der Waals surface area (Å²) < 4.78 is 35.6. The highest BCUT2D eigenvalue weighted by atomic mass is 35.5. The minimum absolute atomic E-state index is 0.0125. The van der Waals surface area contributed by atoms with Crippen molar-refractivity contribution in [2.75, 3.05) is 31.5 Å². The van der Waals surface area contributed by atoms with Gasteiger partial charge in [-0.05, 0) is 68.1 Å². The minimum Gasteiger partial charge on any atom is -0.486 e. The summed E-state index contributed by atoms with van der Waals surface area (Å²) in [5, 5.41) is 11.3. The van der Waals surface area contributed by atoms with Crippen molar-refractivity contribution < 1.29 is 23.1 Å². The van der Waals surface area contributed by atoms with Gasteiger partial charge in [0.05, 0.1) is 38.8 Å². The van der Waals surface area contributed by atoms with Gasteiger partial charge >= 0.3 is 0 Å². The van der Waals surface area contributed by atoms with E-state index in [1.54, 1.807) is 36.1 Å². The van der Waals surface area contributed by atoms with Gasteiger partial charge in [-0.25, -0.2) is 8.42 Å². The third kappa shape index (κ3) is 7.46. The molecule has 0 fully saturated rings. The summed E-state index contributed by atoms with van der Waals surface area (Å²) in [5.74, 6) is -0.397. The number of hydrogen-bond donors (Lipinski definition) is 2. The van der Waals surface area contributed by atoms with Crippen molar-refractivity contribution in [1.29, 1.82) is 0 Å². The van der Waals surface area contributed by atoms with Crippen LogP contribution in [0.3, 0.4) is 0 Å². The number of benzene rings is 3. The van der Waals surface area contributed by atoms with Crippen LogP contribution in [0.5, 0.6) is 5.75 Å². The van der Waals surface area contributed by atoms with E-state index < -0.39 is 22.2 Å². The number of aliphatic hydroxyl groups excluding tert-OH is 1. The first-order chi connectivity index (χ1) is 19.4. The predicted molar refractivity (Wildman–Crippen MR) is 163 cm³/mol. The zero-order chi connectivity index (χ0) is 29.9. The molecular formula is C29H32Cl3N3O5S. The molecule has 0 saturated carbocycles. The maximum atomic E-state index is 13.7. The second-order valence-electron chi connectivity index (χ2n) is 10.3. The number of carbonyl (C=O) groups excluding carboxylic acids is 1. The van der Waals surface area contributed by atoms with Crippen LogP contribution in [0.2, 0.25) is 15.1 Å². The van der Waals surface area contributed by atoms with Gasteiger partial charge in [0.2, 0.25) is 0 Å². The Kier molecular flexibility index (Phi) is 10.1. The van der Waals surface area contributed by atoms with E-state index >= 15 is 0 Å². The number of nitrogens with zero attached hydrogens (tertiary/aromatic N) is 2. The lowest BCUT2D eigenvalue weighted by atomic mass is 9.99. The number of likely N-dealkylation sites (N-methyl/N-ethyl adjacent to an activating group) is 1. The highest BCUT2D eigenvalue weighted by molar-refractivity contribution is 7.92. The third-order valence-electron chi connectivity index (χ3n) is 6.99. The quantitative estimate of drug-likeness (QED) is 0.307. The molecule has 3 aromatic carbocycles. The van der Waals surface area contributed by atoms with Gasteiger partial charge in [-0.15, -0.1) is 0 Å². The summed E-state index contributed by atoms with van der Waals surface area (Å²) in [4.78, 5) is 17.4. The van der Waals surface area contributed by atoms with Gasteiger partial charge in [-0.3, -0.25) is 14.4 Å². The Labute approximate surface area is 255 Å². The molecule has 2 N–H and O–H groups in total. The maximum Gasteiger partial charge on any atom is 0.262 e. The number of para-hydroxylation sites is 1. The Bertz CT molecular complexity index is 1500. The summed E-state index contributed by atoms with van der Waals surface area (Å²) in [5.41, 5.74) is 1.29. The Morgan fingerprint density at radius 2 is 1.80 bits per heavy atom. The zero-order valence-electron chi connectivity index (χ0n) is 22.9. The number of nitrogens with one attached hydrogen (secondary N) is 1. The highest BCUT2D eigenvalue weighted by Crippen LogP contribution is 2.36. The molecular weight excluding hydrogens is 609 g/mol. The smallest absolute Gasteiger partial charge is 0.262 e. The Hall–Kier alpha value is -2.53. The van der Waals surface area contributed by atoms with Gasteiger partial charge in [0.15, 0.2) is 5.75 Å². The summed E-state index contributed by atoms with van der Waals surface area (Å²) in [7, 11) is -2.09. The monoisotopic (exact) mass is 639 g/mol. The normalized spacial score (nSPS) is 18.3. The number of fused-ring (bicyclic) bond motifs is 1. The second-order valence-corrected chi connectivity index (χ2v) is 13.2. The fourth-order valence-electron chi connectivity index (χ4n) is 4.68. The topological polar surface area (TPSA) is 99.2 Å². The van der Waals surface area contributed by atoms with Crippen molar-refractivity contribution >= 4 is 56.4 Å². The third-order valence-corrected chi connectivity index (χ3v) is 9.36. The molecule has 41 heavy (non-hydrogen) atoms. The van der Waals surface area contributed by atoms with Crippen molar-refractivity contribution in [2.24, 2.45) is 5.92 Å². The SMILES string of the molecule is C[C@H]1CN([C@@H](C)CO)C(=O)c2cccc(NS(=O)(=O)c3ccc(Cl)cc3)c2O[C@H]1CN(C)Cc1ccc(Cl)c(Cl)c1. The number of amides is 1. The average Bonchev–Trinajstić information content (AvgIpc) is 2.92. The van der Waals surface area contributed by atoms with Gasteiger partial charge in [0, 0.05) is 30.6 Å². The number of rotatable bonds is 9. The maximum absolute atomic E-state index is 13.7. The molecule has 4 rings (SSSR count). The number of hydrogen-bond acceptors (Lipinski definition) is 6. The summed E-state index contributed by atoms with van der Waals surface area (Å²) >= 11 is 18.2. The summed E-state index contributed by atoms with van der Waals surface area (Å²) in [6, 6.07) is 15.5. The average molecular weight is 641 g/mol. The lowest BCUT2D eigenvalue weighted by Gasteiger charge is -2.38. The molecule has 12 heteroatoms. The molecule has 0 unspecified atom stereocenters. The van der Waals surface area contributed by atoms with Gasteiger partial charge in [0.1, 0.15) is 6.10 Å². The van der Waals surface area contributed by atoms with Crippen molar-refractivity contribution in [3.63, 3.8) is 0 Å². The molecule has 1 aliphatic rings. The Morgan fingerprint density at radius 3 is 2.46 bits per heavy atom. The molecule has 220 valence electrons. The molecule has 3 atom stereocenters. The van der Waals surface area contributed by atoms with E-state index in [2.05, 4.69) is 9.62 Å². The van der Waals surface area contributed by atoms with Crippen molar-refractivity contribution in [3.8, 4) is 5.75 Å². The van der Waals surface area contributed by atoms with Crippen LogP contribution in [-0.4, -0.2) is 68.1 Å². The molecule has 0 aliphatic carbocycles. The molecule has 0 bridgehead atoms. The first-order valence-corrected chi connectivity index (χ1v) is 15.6. The molecule has 3 aromatic rings. The number of carbonyl (C=O) groups is 1. The second kappa shape index (κ2) is 13.2. The fourth-order valence-corrected chi connectivity index (χ4v) is 6.19. The van der Waals surface area contributed by atoms with Crippen LogP contribution in [0.25, 0.3) is 0 Å². The van der Waals surface area contributed by atoms with Crippen LogP contribution >= 0.6 is 34.8 Å². The van der Waals surface area contributed by atoms with E-state index in [4.69, 9.17) is 39.5 Å². The molecule has 1 heterocycles. The molecule has 0 saturated heterocycles. The molecule has 0 aromatic heterocycles. The van der Waals surface area contributed by atoms with Gasteiger partial charge in [0.25, 0.3) is 15.9 Å². The Morgan fingerprint density at radius 1 is 1.10 bits per heavy atom. The molecule has 8 nitrogen and oxygen atoms in total. The fraction of sp³-hybridized carbons (Fsp3) is 0.345. The van der Waals surface area contributed by atoms with Crippen LogP contribution in [0.15, 0.2) is 65.6 Å². The number of anilines is 1. The van der Waals surface area contributed by atoms with Crippen LogP contribution in [-0.2, 0) is 16.6 Å². The minimum atomic E-state index is -4.03. The molecule has 0 spiro atoms. The first kappa shape index (κ1) is 31.4. The largest absolute Gasteiger partial charge is 0.486 e. The van der Waals surface area contributed by atoms with Gasteiger partial charge in [-0.1, -0.05) is 53.9 Å². The lowest BCUT2D eigenvalue weighted by molar-refractivity contribution is 0.0344. The number of sulfonamides is 1. The molecule has 1 amide bonds. The molecule has 1 aliphatic heterocycles. The number of ether oxygens (including phenoxy) is 1. The van der Waals surface area contributed by atoms with E-state index in [0.29, 0.717) is 34.7 Å². The van der Waals surface area contributed by atoms with E-state index in [1.807, 2.05) is 26.1 Å². The van der Waals surface area contributed by atoms with E-state index in [0.717, 1.165) is 5.56 Å². The van der Waals surface area contributed by atoms with Gasteiger partial charge < -0.3 is 14.7 Å². The van der Waals surface area contributed by atoms with E-state index in [1.165, 1.54) is 24.3 Å². The highest BCUT2D eigenvalue weighted by Gasteiger charge is 2.35. The van der Waals surface area contributed by atoms with Crippen LogP contribution in [0.1, 0.15) is 29.8 Å². The van der Waals surface area contributed by atoms with Gasteiger partial charge in [-0.2, -0.15) is 0 Å². The number of halogens is 3. The molecule has 0 radical (unpaired) electrons. The number of aliphatic hydroxyl groups is 1. The van der Waals surface area contributed by atoms with Crippen molar-refractivity contribution in [2.45, 2.75) is 37.4 Å². The van der Waals surface area contributed by atoms with E-state index in [9.17, 15) is 18.3 Å². The standard InChI is InChI=1S/C29H32Cl3N3O5S/c1-18-14-35(19(2)17-36)29(37)23-5-4-6-26(33-41(38,39)22-10-8-21(30)9-11-22)28(23)40-27(18)16-34(3)15-20-7-12-24(31)25(32)13-20/h4-13,18-19,27,33,36H,14-17H2,1-3H3/t18-,19-,27-/m0/s1. The first-order valence-electron chi connectivity index (χ1n) is 13.0. The van der Waals surface area contributed by atoms with Crippen LogP contribution in [0, 0.1) is 5.92 Å². The predicted octanol–water partition coefficient (Wildman–Crippen LogP) is 5.80.